The molecule has 4 nitrogen and oxygen atoms in total. The highest BCUT2D eigenvalue weighted by molar-refractivity contribution is 6.42. The minimum absolute atomic E-state index is 0.00635. The second-order valence-electron chi connectivity index (χ2n) is 5.78. The van der Waals surface area contributed by atoms with E-state index in [2.05, 4.69) is 5.32 Å². The van der Waals surface area contributed by atoms with Gasteiger partial charge < -0.3 is 10.2 Å². The number of benzene rings is 2. The van der Waals surface area contributed by atoms with Crippen molar-refractivity contribution >= 4 is 40.7 Å². The topological polar surface area (TPSA) is 49.4 Å². The second-order valence-corrected chi connectivity index (χ2v) is 6.59. The lowest BCUT2D eigenvalue weighted by Gasteiger charge is -2.16. The van der Waals surface area contributed by atoms with Crippen molar-refractivity contribution in [3.05, 3.63) is 64.1 Å². The number of rotatable bonds is 4. The van der Waals surface area contributed by atoms with Gasteiger partial charge in [0.1, 0.15) is 0 Å². The van der Waals surface area contributed by atoms with Crippen LogP contribution in [0.5, 0.6) is 0 Å². The lowest BCUT2D eigenvalue weighted by molar-refractivity contribution is -0.128. The average Bonchev–Trinajstić information content (AvgIpc) is 2.93. The number of likely N-dealkylation sites (tertiary alicyclic amines) is 1. The van der Waals surface area contributed by atoms with Crippen LogP contribution in [0.15, 0.2) is 48.5 Å². The number of anilines is 1. The van der Waals surface area contributed by atoms with Crippen LogP contribution in [-0.4, -0.2) is 23.3 Å². The number of halogens is 2. The van der Waals surface area contributed by atoms with Crippen LogP contribution < -0.4 is 5.32 Å². The van der Waals surface area contributed by atoms with Gasteiger partial charge in [0.2, 0.25) is 11.8 Å². The van der Waals surface area contributed by atoms with E-state index >= 15 is 0 Å². The van der Waals surface area contributed by atoms with E-state index in [0.717, 1.165) is 5.56 Å². The summed E-state index contributed by atoms with van der Waals surface area (Å²) in [5.74, 6) is -0.555. The van der Waals surface area contributed by atoms with Crippen molar-refractivity contribution in [2.24, 2.45) is 5.92 Å². The molecular weight excluding hydrogens is 347 g/mol. The molecule has 1 saturated heterocycles. The van der Waals surface area contributed by atoms with Gasteiger partial charge in [-0.25, -0.2) is 0 Å². The van der Waals surface area contributed by atoms with Crippen LogP contribution in [0, 0.1) is 5.92 Å². The molecule has 1 aliphatic rings. The molecule has 2 amide bonds. The van der Waals surface area contributed by atoms with Crippen LogP contribution in [0.2, 0.25) is 10.0 Å². The highest BCUT2D eigenvalue weighted by atomic mass is 35.5. The van der Waals surface area contributed by atoms with Crippen molar-refractivity contribution < 1.29 is 9.59 Å². The average molecular weight is 363 g/mol. The van der Waals surface area contributed by atoms with Gasteiger partial charge in [-0.3, -0.25) is 9.59 Å². The van der Waals surface area contributed by atoms with Crippen LogP contribution in [0.1, 0.15) is 12.0 Å². The minimum Gasteiger partial charge on any atom is -0.338 e. The first-order chi connectivity index (χ1) is 11.5. The van der Waals surface area contributed by atoms with Gasteiger partial charge in [0.25, 0.3) is 0 Å². The van der Waals surface area contributed by atoms with Crippen LogP contribution in [0.4, 0.5) is 5.69 Å². The Hall–Kier alpha value is -2.04. The molecule has 6 heteroatoms. The molecule has 1 aliphatic heterocycles. The number of carbonyl (C=O) groups is 2. The van der Waals surface area contributed by atoms with Crippen molar-refractivity contribution in [2.75, 3.05) is 11.9 Å². The molecule has 0 bridgehead atoms. The summed E-state index contributed by atoms with van der Waals surface area (Å²) in [7, 11) is 0. The predicted molar refractivity (Wildman–Crippen MR) is 95.1 cm³/mol. The molecule has 0 spiro atoms. The summed E-state index contributed by atoms with van der Waals surface area (Å²) in [5.41, 5.74) is 1.62. The number of amides is 2. The Morgan fingerprint density at radius 2 is 1.88 bits per heavy atom. The molecule has 3 rings (SSSR count). The zero-order valence-electron chi connectivity index (χ0n) is 12.8. The fourth-order valence-electron chi connectivity index (χ4n) is 2.72. The number of nitrogens with zero attached hydrogens (tertiary/aromatic N) is 1. The molecule has 0 saturated carbocycles. The fourth-order valence-corrected chi connectivity index (χ4v) is 3.02. The Kier molecular flexibility index (Phi) is 5.07. The monoisotopic (exact) mass is 362 g/mol. The normalized spacial score (nSPS) is 17.2. The number of carbonyl (C=O) groups excluding carboxylic acids is 2. The summed E-state index contributed by atoms with van der Waals surface area (Å²) in [5, 5.41) is 3.60. The fraction of sp³-hybridized carbons (Fsp3) is 0.222. The Morgan fingerprint density at radius 1 is 1.12 bits per heavy atom. The van der Waals surface area contributed by atoms with Gasteiger partial charge in [0, 0.05) is 25.2 Å². The minimum atomic E-state index is -0.365. The maximum atomic E-state index is 12.4. The van der Waals surface area contributed by atoms with E-state index < -0.39 is 0 Å². The molecule has 1 fully saturated rings. The van der Waals surface area contributed by atoms with Crippen LogP contribution in [-0.2, 0) is 16.1 Å². The molecular formula is C18H16Cl2N2O2. The highest BCUT2D eigenvalue weighted by Gasteiger charge is 2.34. The summed E-state index contributed by atoms with van der Waals surface area (Å²) < 4.78 is 0. The van der Waals surface area contributed by atoms with E-state index in [-0.39, 0.29) is 24.2 Å². The molecule has 0 radical (unpaired) electrons. The molecule has 0 unspecified atom stereocenters. The van der Waals surface area contributed by atoms with E-state index in [1.807, 2.05) is 30.3 Å². The lowest BCUT2D eigenvalue weighted by Crippen LogP contribution is -2.28. The standard InChI is InChI=1S/C18H16Cl2N2O2/c19-15-7-6-14(9-16(15)20)21-18(24)13-8-17(23)22(11-13)10-12-4-2-1-3-5-12/h1-7,9,13H,8,10-11H2,(H,21,24)/t13-/m1/s1. The Labute approximate surface area is 150 Å². The molecule has 1 heterocycles. The quantitative estimate of drug-likeness (QED) is 0.893. The smallest absolute Gasteiger partial charge is 0.229 e. The lowest BCUT2D eigenvalue weighted by atomic mass is 10.1. The molecule has 0 aliphatic carbocycles. The molecule has 1 atom stereocenters. The van der Waals surface area contributed by atoms with Crippen LogP contribution in [0.25, 0.3) is 0 Å². The van der Waals surface area contributed by atoms with Gasteiger partial charge >= 0.3 is 0 Å². The van der Waals surface area contributed by atoms with E-state index in [4.69, 9.17) is 23.2 Å². The zero-order chi connectivity index (χ0) is 17.1. The maximum absolute atomic E-state index is 12.4. The summed E-state index contributed by atoms with van der Waals surface area (Å²) >= 11 is 11.8. The first-order valence-corrected chi connectivity index (χ1v) is 8.36. The summed E-state index contributed by atoms with van der Waals surface area (Å²) in [4.78, 5) is 26.3. The Balaban J connectivity index is 1.62. The molecule has 2 aromatic rings. The molecule has 0 aromatic heterocycles. The SMILES string of the molecule is O=C(Nc1ccc(Cl)c(Cl)c1)[C@@H]1CC(=O)N(Cc2ccccc2)C1. The van der Waals surface area contributed by atoms with Gasteiger partial charge in [-0.05, 0) is 23.8 Å². The molecule has 124 valence electrons. The number of hydrogen-bond donors (Lipinski definition) is 1. The highest BCUT2D eigenvalue weighted by Crippen LogP contribution is 2.26. The van der Waals surface area contributed by atoms with Crippen LogP contribution >= 0.6 is 23.2 Å². The Morgan fingerprint density at radius 3 is 2.58 bits per heavy atom. The third-order valence-corrected chi connectivity index (χ3v) is 4.73. The van der Waals surface area contributed by atoms with E-state index in [0.29, 0.717) is 28.8 Å². The molecule has 1 N–H and O–H groups in total. The van der Waals surface area contributed by atoms with Gasteiger partial charge in [-0.2, -0.15) is 0 Å². The first kappa shape index (κ1) is 16.8. The largest absolute Gasteiger partial charge is 0.338 e. The van der Waals surface area contributed by atoms with Gasteiger partial charge in [-0.1, -0.05) is 53.5 Å². The van der Waals surface area contributed by atoms with Crippen molar-refractivity contribution in [2.45, 2.75) is 13.0 Å². The van der Waals surface area contributed by atoms with Gasteiger partial charge in [0.15, 0.2) is 0 Å². The third-order valence-electron chi connectivity index (χ3n) is 3.99. The van der Waals surface area contributed by atoms with Crippen molar-refractivity contribution in [3.63, 3.8) is 0 Å². The summed E-state index contributed by atoms with van der Waals surface area (Å²) in [6.45, 7) is 0.942. The van der Waals surface area contributed by atoms with E-state index in [9.17, 15) is 9.59 Å². The maximum Gasteiger partial charge on any atom is 0.229 e. The predicted octanol–water partition coefficient (Wildman–Crippen LogP) is 3.98. The third kappa shape index (κ3) is 3.89. The zero-order valence-corrected chi connectivity index (χ0v) is 14.3. The van der Waals surface area contributed by atoms with E-state index in [1.54, 1.807) is 23.1 Å². The first-order valence-electron chi connectivity index (χ1n) is 7.60. The van der Waals surface area contributed by atoms with Gasteiger partial charge in [0.05, 0.1) is 16.0 Å². The van der Waals surface area contributed by atoms with Crippen molar-refractivity contribution in [1.29, 1.82) is 0 Å². The van der Waals surface area contributed by atoms with E-state index in [1.165, 1.54) is 0 Å². The molecule has 2 aromatic carbocycles. The molecule has 24 heavy (non-hydrogen) atoms. The van der Waals surface area contributed by atoms with Crippen LogP contribution in [0.3, 0.4) is 0 Å². The summed E-state index contributed by atoms with van der Waals surface area (Å²) in [6, 6.07) is 14.6. The second kappa shape index (κ2) is 7.24. The van der Waals surface area contributed by atoms with Gasteiger partial charge in [-0.15, -0.1) is 0 Å². The Bertz CT molecular complexity index is 765. The summed E-state index contributed by atoms with van der Waals surface area (Å²) in [6.07, 6.45) is 0.222. The van der Waals surface area contributed by atoms with Crippen molar-refractivity contribution in [1.82, 2.24) is 4.90 Å². The van der Waals surface area contributed by atoms with Crippen molar-refractivity contribution in [3.8, 4) is 0 Å². The number of nitrogens with one attached hydrogen (secondary N) is 1. The number of hydrogen-bond acceptors (Lipinski definition) is 2.